The van der Waals surface area contributed by atoms with Crippen LogP contribution in [0.2, 0.25) is 0 Å². The van der Waals surface area contributed by atoms with Crippen molar-refractivity contribution in [2.24, 2.45) is 0 Å². The van der Waals surface area contributed by atoms with Gasteiger partial charge in [-0.3, -0.25) is 0 Å². The Morgan fingerprint density at radius 2 is 2.19 bits per heavy atom. The summed E-state index contributed by atoms with van der Waals surface area (Å²) in [5.41, 5.74) is 7.21. The fourth-order valence-corrected chi connectivity index (χ4v) is 1.35. The molecule has 0 saturated carbocycles. The summed E-state index contributed by atoms with van der Waals surface area (Å²) >= 11 is 0. The highest BCUT2D eigenvalue weighted by Crippen LogP contribution is 2.24. The minimum Gasteiger partial charge on any atom is -0.394 e. The van der Waals surface area contributed by atoms with Crippen LogP contribution in [0.15, 0.2) is 30.7 Å². The van der Waals surface area contributed by atoms with Crippen molar-refractivity contribution in [2.75, 3.05) is 11.1 Å². The number of para-hydroxylation sites is 1. The Bertz CT molecular complexity index is 493. The van der Waals surface area contributed by atoms with Crippen LogP contribution < -0.4 is 11.1 Å². The molecular formula is C11H11FN4. The van der Waals surface area contributed by atoms with Gasteiger partial charge in [-0.1, -0.05) is 12.1 Å². The smallest absolute Gasteiger partial charge is 0.157 e. The third kappa shape index (κ3) is 1.93. The zero-order valence-corrected chi connectivity index (χ0v) is 8.74. The summed E-state index contributed by atoms with van der Waals surface area (Å²) in [6.07, 6.45) is 2.82. The van der Waals surface area contributed by atoms with Crippen LogP contribution in [0.3, 0.4) is 0 Å². The van der Waals surface area contributed by atoms with Crippen LogP contribution >= 0.6 is 0 Å². The molecule has 4 nitrogen and oxygen atoms in total. The van der Waals surface area contributed by atoms with Crippen molar-refractivity contribution in [3.8, 4) is 0 Å². The zero-order chi connectivity index (χ0) is 11.5. The Morgan fingerprint density at radius 1 is 1.38 bits per heavy atom. The first-order valence-electron chi connectivity index (χ1n) is 4.76. The molecule has 0 aliphatic heterocycles. The van der Waals surface area contributed by atoms with Crippen molar-refractivity contribution in [1.82, 2.24) is 9.97 Å². The minimum absolute atomic E-state index is 0.335. The number of nitrogens with one attached hydrogen (secondary N) is 1. The van der Waals surface area contributed by atoms with Crippen LogP contribution in [0.5, 0.6) is 0 Å². The van der Waals surface area contributed by atoms with Crippen molar-refractivity contribution in [1.29, 1.82) is 0 Å². The molecule has 5 heteroatoms. The number of hydrogen-bond acceptors (Lipinski definition) is 4. The van der Waals surface area contributed by atoms with Gasteiger partial charge in [0.05, 0.1) is 17.6 Å². The molecule has 82 valence electrons. The maximum atomic E-state index is 13.5. The predicted molar refractivity (Wildman–Crippen MR) is 60.9 cm³/mol. The number of nitrogens with two attached hydrogens (primary N) is 1. The van der Waals surface area contributed by atoms with Gasteiger partial charge in [-0.05, 0) is 18.6 Å². The van der Waals surface area contributed by atoms with E-state index in [4.69, 9.17) is 5.73 Å². The van der Waals surface area contributed by atoms with E-state index in [2.05, 4.69) is 15.3 Å². The van der Waals surface area contributed by atoms with Gasteiger partial charge in [-0.15, -0.1) is 0 Å². The average molecular weight is 218 g/mol. The third-order valence-electron chi connectivity index (χ3n) is 2.21. The summed E-state index contributed by atoms with van der Waals surface area (Å²) in [5.74, 6) is 0.0706. The van der Waals surface area contributed by atoms with E-state index in [1.165, 1.54) is 18.6 Å². The standard InChI is InChI=1S/C11H11FN4/c1-7-3-2-4-8(12)10(7)16-11-9(13)5-14-6-15-11/h2-6H,13H2,1H3,(H,14,15,16). The fraction of sp³-hybridized carbons (Fsp3) is 0.0909. The first-order chi connectivity index (χ1) is 7.68. The highest BCUT2D eigenvalue weighted by Gasteiger charge is 2.07. The second-order valence-corrected chi connectivity index (χ2v) is 3.38. The van der Waals surface area contributed by atoms with Gasteiger partial charge in [0.1, 0.15) is 12.1 Å². The second-order valence-electron chi connectivity index (χ2n) is 3.38. The van der Waals surface area contributed by atoms with E-state index in [1.807, 2.05) is 13.0 Å². The first-order valence-corrected chi connectivity index (χ1v) is 4.76. The molecule has 0 bridgehead atoms. The summed E-state index contributed by atoms with van der Waals surface area (Å²) in [6, 6.07) is 4.84. The third-order valence-corrected chi connectivity index (χ3v) is 2.21. The first kappa shape index (κ1) is 10.4. The summed E-state index contributed by atoms with van der Waals surface area (Å²) in [5, 5.41) is 2.86. The Balaban J connectivity index is 2.38. The van der Waals surface area contributed by atoms with Gasteiger partial charge in [0, 0.05) is 0 Å². The molecule has 2 rings (SSSR count). The molecule has 1 aromatic carbocycles. The van der Waals surface area contributed by atoms with Gasteiger partial charge in [-0.2, -0.15) is 0 Å². The molecule has 1 aromatic heterocycles. The zero-order valence-electron chi connectivity index (χ0n) is 8.74. The van der Waals surface area contributed by atoms with Crippen molar-refractivity contribution in [3.05, 3.63) is 42.1 Å². The van der Waals surface area contributed by atoms with Crippen LogP contribution in [-0.2, 0) is 0 Å². The summed E-state index contributed by atoms with van der Waals surface area (Å²) < 4.78 is 13.5. The largest absolute Gasteiger partial charge is 0.394 e. The van der Waals surface area contributed by atoms with E-state index in [1.54, 1.807) is 6.07 Å². The number of nitrogens with zero attached hydrogens (tertiary/aromatic N) is 2. The molecule has 0 atom stereocenters. The van der Waals surface area contributed by atoms with E-state index in [0.717, 1.165) is 5.56 Å². The summed E-state index contributed by atoms with van der Waals surface area (Å²) in [7, 11) is 0. The molecular weight excluding hydrogens is 207 g/mol. The molecule has 16 heavy (non-hydrogen) atoms. The summed E-state index contributed by atoms with van der Waals surface area (Å²) in [6.45, 7) is 1.81. The molecule has 0 fully saturated rings. The molecule has 0 radical (unpaired) electrons. The number of rotatable bonds is 2. The van der Waals surface area contributed by atoms with Crippen LogP contribution in [0.25, 0.3) is 0 Å². The van der Waals surface area contributed by atoms with E-state index < -0.39 is 0 Å². The number of halogens is 1. The number of aromatic nitrogens is 2. The van der Waals surface area contributed by atoms with Gasteiger partial charge >= 0.3 is 0 Å². The Kier molecular flexibility index (Phi) is 2.68. The lowest BCUT2D eigenvalue weighted by atomic mass is 10.2. The highest BCUT2D eigenvalue weighted by atomic mass is 19.1. The minimum atomic E-state index is -0.335. The lowest BCUT2D eigenvalue weighted by molar-refractivity contribution is 0.631. The van der Waals surface area contributed by atoms with E-state index >= 15 is 0 Å². The van der Waals surface area contributed by atoms with E-state index in [0.29, 0.717) is 17.2 Å². The maximum absolute atomic E-state index is 13.5. The SMILES string of the molecule is Cc1cccc(F)c1Nc1ncncc1N. The van der Waals surface area contributed by atoms with Gasteiger partial charge < -0.3 is 11.1 Å². The number of anilines is 3. The van der Waals surface area contributed by atoms with Crippen molar-refractivity contribution >= 4 is 17.2 Å². The van der Waals surface area contributed by atoms with Gasteiger partial charge in [-0.25, -0.2) is 14.4 Å². The molecule has 3 N–H and O–H groups in total. The topological polar surface area (TPSA) is 63.8 Å². The van der Waals surface area contributed by atoms with Crippen molar-refractivity contribution < 1.29 is 4.39 Å². The Hall–Kier alpha value is -2.17. The van der Waals surface area contributed by atoms with Crippen molar-refractivity contribution in [2.45, 2.75) is 6.92 Å². The Morgan fingerprint density at radius 3 is 2.88 bits per heavy atom. The maximum Gasteiger partial charge on any atom is 0.157 e. The van der Waals surface area contributed by atoms with Crippen molar-refractivity contribution in [3.63, 3.8) is 0 Å². The monoisotopic (exact) mass is 218 g/mol. The number of benzene rings is 1. The normalized spacial score (nSPS) is 10.1. The molecule has 0 spiro atoms. The van der Waals surface area contributed by atoms with Crippen LogP contribution in [0.4, 0.5) is 21.6 Å². The number of nitrogen functional groups attached to an aromatic ring is 1. The van der Waals surface area contributed by atoms with E-state index in [-0.39, 0.29) is 5.82 Å². The average Bonchev–Trinajstić information content (AvgIpc) is 2.26. The predicted octanol–water partition coefficient (Wildman–Crippen LogP) is 2.25. The summed E-state index contributed by atoms with van der Waals surface area (Å²) in [4.78, 5) is 7.70. The van der Waals surface area contributed by atoms with Crippen LogP contribution in [0.1, 0.15) is 5.56 Å². The van der Waals surface area contributed by atoms with Gasteiger partial charge in [0.2, 0.25) is 0 Å². The van der Waals surface area contributed by atoms with E-state index in [9.17, 15) is 4.39 Å². The molecule has 1 heterocycles. The quantitative estimate of drug-likeness (QED) is 0.811. The molecule has 2 aromatic rings. The highest BCUT2D eigenvalue weighted by molar-refractivity contribution is 5.69. The number of hydrogen-bond donors (Lipinski definition) is 2. The van der Waals surface area contributed by atoms with Gasteiger partial charge in [0.25, 0.3) is 0 Å². The Labute approximate surface area is 92.3 Å². The lowest BCUT2D eigenvalue weighted by Crippen LogP contribution is -2.02. The molecule has 0 aliphatic carbocycles. The lowest BCUT2D eigenvalue weighted by Gasteiger charge is -2.10. The molecule has 0 aliphatic rings. The van der Waals surface area contributed by atoms with Crippen LogP contribution in [0, 0.1) is 12.7 Å². The molecule has 0 unspecified atom stereocenters. The van der Waals surface area contributed by atoms with Crippen LogP contribution in [-0.4, -0.2) is 9.97 Å². The van der Waals surface area contributed by atoms with Gasteiger partial charge in [0.15, 0.2) is 5.82 Å². The second kappa shape index (κ2) is 4.14. The number of aryl methyl sites for hydroxylation is 1. The molecule has 0 amide bonds. The molecule has 0 saturated heterocycles. The fourth-order valence-electron chi connectivity index (χ4n) is 1.35.